The number of hydrogen-bond donors (Lipinski definition) is 1. The first kappa shape index (κ1) is 20.0. The first-order valence-electron chi connectivity index (χ1n) is 10.3. The number of rotatable bonds is 6. The first-order chi connectivity index (χ1) is 14.1. The zero-order chi connectivity index (χ0) is 20.3. The molecule has 4 heterocycles. The number of aryl methyl sites for hydroxylation is 1. The van der Waals surface area contributed by atoms with Crippen LogP contribution < -0.4 is 10.2 Å². The van der Waals surface area contributed by atoms with Crippen LogP contribution in [0.4, 0.5) is 11.6 Å². The van der Waals surface area contributed by atoms with Crippen LogP contribution in [-0.2, 0) is 16.4 Å². The van der Waals surface area contributed by atoms with Crippen LogP contribution in [0.1, 0.15) is 38.3 Å². The van der Waals surface area contributed by atoms with E-state index in [-0.39, 0.29) is 4.90 Å². The molecule has 2 aliphatic rings. The Hall–Kier alpha value is -2.26. The van der Waals surface area contributed by atoms with Crippen molar-refractivity contribution in [2.45, 2.75) is 50.0 Å². The third kappa shape index (κ3) is 4.51. The molecule has 2 aliphatic heterocycles. The molecule has 4 rings (SSSR count). The van der Waals surface area contributed by atoms with Gasteiger partial charge in [-0.2, -0.15) is 4.31 Å². The van der Waals surface area contributed by atoms with Gasteiger partial charge in [0, 0.05) is 50.2 Å². The fourth-order valence-electron chi connectivity index (χ4n) is 3.91. The molecule has 156 valence electrons. The molecule has 2 aromatic heterocycles. The average Bonchev–Trinajstić information content (AvgIpc) is 3.31. The van der Waals surface area contributed by atoms with E-state index >= 15 is 0 Å². The zero-order valence-electron chi connectivity index (χ0n) is 16.8. The lowest BCUT2D eigenvalue weighted by Crippen LogP contribution is -2.39. The number of nitrogens with zero attached hydrogens (tertiary/aromatic N) is 5. The summed E-state index contributed by atoms with van der Waals surface area (Å²) < 4.78 is 26.7. The molecule has 0 atom stereocenters. The average molecular weight is 417 g/mol. The quantitative estimate of drug-likeness (QED) is 0.772. The van der Waals surface area contributed by atoms with Crippen molar-refractivity contribution in [3.05, 3.63) is 36.4 Å². The normalized spacial score (nSPS) is 18.9. The summed E-state index contributed by atoms with van der Waals surface area (Å²) >= 11 is 0. The van der Waals surface area contributed by atoms with E-state index in [4.69, 9.17) is 0 Å². The summed E-state index contributed by atoms with van der Waals surface area (Å²) in [5.41, 5.74) is 1.06. The number of sulfonamides is 1. The second-order valence-electron chi connectivity index (χ2n) is 7.62. The lowest BCUT2D eigenvalue weighted by molar-refractivity contribution is 0.477. The minimum Gasteiger partial charge on any atom is -0.367 e. The summed E-state index contributed by atoms with van der Waals surface area (Å²) in [6.45, 7) is 5.13. The number of piperidine rings is 1. The Morgan fingerprint density at radius 3 is 2.48 bits per heavy atom. The van der Waals surface area contributed by atoms with Gasteiger partial charge in [-0.3, -0.25) is 0 Å². The van der Waals surface area contributed by atoms with Crippen molar-refractivity contribution >= 4 is 21.7 Å². The van der Waals surface area contributed by atoms with Crippen LogP contribution >= 0.6 is 0 Å². The van der Waals surface area contributed by atoms with Crippen molar-refractivity contribution in [2.75, 3.05) is 36.4 Å². The molecule has 29 heavy (non-hydrogen) atoms. The Labute approximate surface area is 172 Å². The number of aromatic nitrogens is 3. The first-order valence-corrected chi connectivity index (χ1v) is 11.8. The molecule has 9 heteroatoms. The fraction of sp³-hybridized carbons (Fsp3) is 0.550. The van der Waals surface area contributed by atoms with Crippen molar-refractivity contribution in [2.24, 2.45) is 0 Å². The molecule has 0 spiro atoms. The van der Waals surface area contributed by atoms with Crippen molar-refractivity contribution in [3.8, 4) is 0 Å². The number of pyridine rings is 1. The largest absolute Gasteiger partial charge is 0.367 e. The monoisotopic (exact) mass is 416 g/mol. The Bertz CT molecular complexity index is 920. The van der Waals surface area contributed by atoms with Crippen LogP contribution in [0.2, 0.25) is 0 Å². The lowest BCUT2D eigenvalue weighted by Gasteiger charge is -2.33. The van der Waals surface area contributed by atoms with Crippen molar-refractivity contribution < 1.29 is 8.42 Å². The van der Waals surface area contributed by atoms with Crippen molar-refractivity contribution in [1.82, 2.24) is 19.3 Å². The van der Waals surface area contributed by atoms with Gasteiger partial charge >= 0.3 is 0 Å². The second kappa shape index (κ2) is 8.62. The van der Waals surface area contributed by atoms with Crippen LogP contribution in [0, 0.1) is 0 Å². The van der Waals surface area contributed by atoms with Gasteiger partial charge in [0.1, 0.15) is 22.9 Å². The van der Waals surface area contributed by atoms with Crippen molar-refractivity contribution in [3.63, 3.8) is 0 Å². The fourth-order valence-corrected chi connectivity index (χ4v) is 5.37. The predicted octanol–water partition coefficient (Wildman–Crippen LogP) is 2.30. The molecule has 2 fully saturated rings. The zero-order valence-corrected chi connectivity index (χ0v) is 17.6. The van der Waals surface area contributed by atoms with Crippen molar-refractivity contribution in [1.29, 1.82) is 0 Å². The standard InChI is InChI=1S/C20H28N6O2S/c1-2-16-13-20(23-15-22-16)25-11-7-17(8-12-25)24-19-6-5-18(14-21-19)29(27,28)26-9-3-4-10-26/h5-6,13-15,17H,2-4,7-12H2,1H3,(H,21,24). The number of anilines is 2. The van der Waals surface area contributed by atoms with E-state index in [9.17, 15) is 8.42 Å². The molecular formula is C20H28N6O2S. The maximum absolute atomic E-state index is 12.6. The van der Waals surface area contributed by atoms with E-state index in [0.29, 0.717) is 19.1 Å². The van der Waals surface area contributed by atoms with E-state index in [1.807, 2.05) is 0 Å². The van der Waals surface area contributed by atoms with Gasteiger partial charge < -0.3 is 10.2 Å². The summed E-state index contributed by atoms with van der Waals surface area (Å²) in [4.78, 5) is 15.6. The lowest BCUT2D eigenvalue weighted by atomic mass is 10.0. The Balaban J connectivity index is 1.33. The SMILES string of the molecule is CCc1cc(N2CCC(Nc3ccc(S(=O)(=O)N4CCCC4)cn3)CC2)ncn1. The van der Waals surface area contributed by atoms with E-state index in [2.05, 4.69) is 38.2 Å². The van der Waals surface area contributed by atoms with Crippen LogP contribution in [0.15, 0.2) is 35.6 Å². The summed E-state index contributed by atoms with van der Waals surface area (Å²) in [6.07, 6.45) is 7.82. The molecule has 0 aliphatic carbocycles. The number of hydrogen-bond acceptors (Lipinski definition) is 7. The highest BCUT2D eigenvalue weighted by molar-refractivity contribution is 7.89. The molecule has 0 radical (unpaired) electrons. The van der Waals surface area contributed by atoms with E-state index in [1.54, 1.807) is 22.8 Å². The van der Waals surface area contributed by atoms with Gasteiger partial charge in [-0.1, -0.05) is 6.92 Å². The van der Waals surface area contributed by atoms with Crippen LogP contribution in [0.25, 0.3) is 0 Å². The van der Waals surface area contributed by atoms with Crippen LogP contribution in [-0.4, -0.2) is 59.9 Å². The highest BCUT2D eigenvalue weighted by atomic mass is 32.2. The van der Waals surface area contributed by atoms with Gasteiger partial charge in [0.05, 0.1) is 0 Å². The molecular weight excluding hydrogens is 388 g/mol. The summed E-state index contributed by atoms with van der Waals surface area (Å²) in [7, 11) is -3.41. The summed E-state index contributed by atoms with van der Waals surface area (Å²) in [5, 5.41) is 3.44. The molecule has 0 saturated carbocycles. The van der Waals surface area contributed by atoms with Gasteiger partial charge in [-0.05, 0) is 44.2 Å². The number of nitrogens with one attached hydrogen (secondary N) is 1. The molecule has 0 aromatic carbocycles. The van der Waals surface area contributed by atoms with Crippen LogP contribution in [0.5, 0.6) is 0 Å². The van der Waals surface area contributed by atoms with Gasteiger partial charge in [-0.25, -0.2) is 23.4 Å². The maximum Gasteiger partial charge on any atom is 0.244 e. The Morgan fingerprint density at radius 2 is 1.83 bits per heavy atom. The van der Waals surface area contributed by atoms with Crippen LogP contribution in [0.3, 0.4) is 0 Å². The second-order valence-corrected chi connectivity index (χ2v) is 9.56. The third-order valence-corrected chi connectivity index (χ3v) is 7.56. The molecule has 0 bridgehead atoms. The third-order valence-electron chi connectivity index (χ3n) is 5.68. The molecule has 2 aromatic rings. The van der Waals surface area contributed by atoms with E-state index in [1.165, 1.54) is 6.20 Å². The predicted molar refractivity (Wildman–Crippen MR) is 112 cm³/mol. The maximum atomic E-state index is 12.6. The molecule has 0 unspecified atom stereocenters. The molecule has 1 N–H and O–H groups in total. The highest BCUT2D eigenvalue weighted by Crippen LogP contribution is 2.23. The topological polar surface area (TPSA) is 91.3 Å². The minimum atomic E-state index is -3.41. The summed E-state index contributed by atoms with van der Waals surface area (Å²) in [5.74, 6) is 1.71. The van der Waals surface area contributed by atoms with Gasteiger partial charge in [-0.15, -0.1) is 0 Å². The highest BCUT2D eigenvalue weighted by Gasteiger charge is 2.27. The molecule has 0 amide bonds. The minimum absolute atomic E-state index is 0.273. The van der Waals surface area contributed by atoms with Gasteiger partial charge in [0.25, 0.3) is 0 Å². The van der Waals surface area contributed by atoms with Gasteiger partial charge in [0.15, 0.2) is 0 Å². The summed E-state index contributed by atoms with van der Waals surface area (Å²) in [6, 6.07) is 5.81. The van der Waals surface area contributed by atoms with E-state index in [0.717, 1.165) is 62.5 Å². The van der Waals surface area contributed by atoms with E-state index < -0.39 is 10.0 Å². The Kier molecular flexibility index (Phi) is 5.96. The van der Waals surface area contributed by atoms with Gasteiger partial charge in [0.2, 0.25) is 10.0 Å². The molecule has 2 saturated heterocycles. The smallest absolute Gasteiger partial charge is 0.244 e. The molecule has 8 nitrogen and oxygen atoms in total. The Morgan fingerprint density at radius 1 is 1.07 bits per heavy atom.